The van der Waals surface area contributed by atoms with Crippen LogP contribution in [0, 0.1) is 13.8 Å². The number of carboxylic acids is 1. The summed E-state index contributed by atoms with van der Waals surface area (Å²) in [5, 5.41) is 9.73. The van der Waals surface area contributed by atoms with E-state index in [4.69, 9.17) is 9.47 Å². The Kier molecular flexibility index (Phi) is 5.30. The van der Waals surface area contributed by atoms with E-state index in [2.05, 4.69) is 0 Å². The molecule has 25 heavy (non-hydrogen) atoms. The largest absolute Gasteiger partial charge is 0.496 e. The van der Waals surface area contributed by atoms with Gasteiger partial charge < -0.3 is 14.6 Å². The lowest BCUT2D eigenvalue weighted by Gasteiger charge is -2.28. The van der Waals surface area contributed by atoms with Gasteiger partial charge in [0.15, 0.2) is 0 Å². The number of methoxy groups -OCH3 is 1. The monoisotopic (exact) mass is 349 g/mol. The number of benzene rings is 1. The van der Waals surface area contributed by atoms with Gasteiger partial charge in [-0.1, -0.05) is 12.1 Å². The lowest BCUT2D eigenvalue weighted by molar-refractivity contribution is -0.142. The molecule has 6 nitrogen and oxygen atoms in total. The molecule has 1 aliphatic rings. The first-order valence-electron chi connectivity index (χ1n) is 8.42. The summed E-state index contributed by atoms with van der Waals surface area (Å²) in [7, 11) is 1.62. The molecule has 0 bridgehead atoms. The molecular weight excluding hydrogens is 322 g/mol. The zero-order chi connectivity index (χ0) is 18.9. The molecule has 6 heteroatoms. The third-order valence-electron chi connectivity index (χ3n) is 4.39. The molecule has 0 radical (unpaired) electrons. The molecule has 1 aliphatic heterocycles. The second kappa shape index (κ2) is 6.94. The van der Waals surface area contributed by atoms with E-state index in [1.807, 2.05) is 26.0 Å². The highest BCUT2D eigenvalue weighted by molar-refractivity contribution is 5.82. The molecule has 138 valence electrons. The van der Waals surface area contributed by atoms with Crippen LogP contribution in [0.1, 0.15) is 49.8 Å². The number of ether oxygens (including phenoxy) is 2. The molecular formula is C19H27NO5. The molecule has 1 saturated heterocycles. The van der Waals surface area contributed by atoms with Gasteiger partial charge in [-0.25, -0.2) is 9.59 Å². The van der Waals surface area contributed by atoms with Gasteiger partial charge >= 0.3 is 12.1 Å². The quantitative estimate of drug-likeness (QED) is 0.904. The SMILES string of the molecule is COc1c(C)cc([C@@H]2CCN(C(=O)OC(C)(C)C)[C@H]2C(=O)O)cc1C. The summed E-state index contributed by atoms with van der Waals surface area (Å²) in [6.45, 7) is 9.54. The fourth-order valence-corrected chi connectivity index (χ4v) is 3.49. The van der Waals surface area contributed by atoms with Crippen molar-refractivity contribution in [1.82, 2.24) is 4.90 Å². The van der Waals surface area contributed by atoms with Crippen LogP contribution in [-0.2, 0) is 9.53 Å². The first-order chi connectivity index (χ1) is 11.5. The number of likely N-dealkylation sites (tertiary alicyclic amines) is 1. The molecule has 2 rings (SSSR count). The van der Waals surface area contributed by atoms with E-state index < -0.39 is 23.7 Å². The molecule has 0 aromatic heterocycles. The van der Waals surface area contributed by atoms with Crippen molar-refractivity contribution in [3.63, 3.8) is 0 Å². The number of carboxylic acid groups (broad SMARTS) is 1. The maximum Gasteiger partial charge on any atom is 0.411 e. The highest BCUT2D eigenvalue weighted by Gasteiger charge is 2.44. The van der Waals surface area contributed by atoms with Crippen molar-refractivity contribution >= 4 is 12.1 Å². The Balaban J connectivity index is 2.34. The van der Waals surface area contributed by atoms with Crippen molar-refractivity contribution in [1.29, 1.82) is 0 Å². The predicted molar refractivity (Wildman–Crippen MR) is 94.2 cm³/mol. The summed E-state index contributed by atoms with van der Waals surface area (Å²) in [5.74, 6) is -0.481. The van der Waals surface area contributed by atoms with Gasteiger partial charge in [-0.3, -0.25) is 4.90 Å². The Morgan fingerprint density at radius 3 is 2.20 bits per heavy atom. The number of aryl methyl sites for hydroxylation is 2. The second-order valence-electron chi connectivity index (χ2n) is 7.54. The minimum Gasteiger partial charge on any atom is -0.496 e. The van der Waals surface area contributed by atoms with Crippen LogP contribution in [0.15, 0.2) is 12.1 Å². The van der Waals surface area contributed by atoms with E-state index in [9.17, 15) is 14.7 Å². The Hall–Kier alpha value is -2.24. The van der Waals surface area contributed by atoms with Crippen LogP contribution in [0.25, 0.3) is 0 Å². The maximum absolute atomic E-state index is 12.4. The van der Waals surface area contributed by atoms with E-state index in [1.165, 1.54) is 4.90 Å². The topological polar surface area (TPSA) is 76.1 Å². The number of nitrogens with zero attached hydrogens (tertiary/aromatic N) is 1. The Morgan fingerprint density at radius 2 is 1.76 bits per heavy atom. The number of hydrogen-bond acceptors (Lipinski definition) is 4. The van der Waals surface area contributed by atoms with Crippen molar-refractivity contribution in [2.24, 2.45) is 0 Å². The third kappa shape index (κ3) is 4.06. The van der Waals surface area contributed by atoms with Gasteiger partial charge in [0, 0.05) is 12.5 Å². The van der Waals surface area contributed by atoms with Crippen LogP contribution in [0.5, 0.6) is 5.75 Å². The van der Waals surface area contributed by atoms with Crippen molar-refractivity contribution in [2.45, 2.75) is 58.6 Å². The maximum atomic E-state index is 12.4. The molecule has 1 heterocycles. The van der Waals surface area contributed by atoms with Gasteiger partial charge in [0.25, 0.3) is 0 Å². The summed E-state index contributed by atoms with van der Waals surface area (Å²) < 4.78 is 10.8. The van der Waals surface area contributed by atoms with Crippen LogP contribution in [0.3, 0.4) is 0 Å². The van der Waals surface area contributed by atoms with Crippen molar-refractivity contribution in [3.8, 4) is 5.75 Å². The van der Waals surface area contributed by atoms with Crippen LogP contribution in [0.4, 0.5) is 4.79 Å². The standard InChI is InChI=1S/C19H27NO5/c1-11-9-13(10-12(2)16(11)24-6)14-7-8-20(15(14)17(21)22)18(23)25-19(3,4)5/h9-10,14-15H,7-8H2,1-6H3,(H,21,22)/t14-,15+/m0/s1. The van der Waals surface area contributed by atoms with Gasteiger partial charge in [-0.2, -0.15) is 0 Å². The zero-order valence-electron chi connectivity index (χ0n) is 15.8. The predicted octanol–water partition coefficient (Wildman–Crippen LogP) is 3.49. The summed E-state index contributed by atoms with van der Waals surface area (Å²) in [6, 6.07) is 2.97. The van der Waals surface area contributed by atoms with E-state index in [-0.39, 0.29) is 5.92 Å². The number of carbonyl (C=O) groups excluding carboxylic acids is 1. The van der Waals surface area contributed by atoms with E-state index >= 15 is 0 Å². The molecule has 1 N–H and O–H groups in total. The number of hydrogen-bond donors (Lipinski definition) is 1. The van der Waals surface area contributed by atoms with Gasteiger partial charge in [0.2, 0.25) is 0 Å². The van der Waals surface area contributed by atoms with E-state index in [0.29, 0.717) is 13.0 Å². The number of carbonyl (C=O) groups is 2. The summed E-state index contributed by atoms with van der Waals surface area (Å²) in [4.78, 5) is 25.6. The minimum absolute atomic E-state index is 0.270. The summed E-state index contributed by atoms with van der Waals surface area (Å²) in [6.07, 6.45) is 0.00544. The molecule has 1 aromatic carbocycles. The molecule has 1 fully saturated rings. The van der Waals surface area contributed by atoms with Gasteiger partial charge in [-0.15, -0.1) is 0 Å². The molecule has 1 aromatic rings. The zero-order valence-corrected chi connectivity index (χ0v) is 15.8. The van der Waals surface area contributed by atoms with Gasteiger partial charge in [0.1, 0.15) is 17.4 Å². The molecule has 0 unspecified atom stereocenters. The van der Waals surface area contributed by atoms with Crippen LogP contribution < -0.4 is 4.74 Å². The number of aliphatic carboxylic acids is 1. The lowest BCUT2D eigenvalue weighted by Crippen LogP contribution is -2.45. The summed E-state index contributed by atoms with van der Waals surface area (Å²) >= 11 is 0. The Labute approximate surface area is 148 Å². The third-order valence-corrected chi connectivity index (χ3v) is 4.39. The molecule has 0 aliphatic carbocycles. The van der Waals surface area contributed by atoms with Gasteiger partial charge in [-0.05, 0) is 57.7 Å². The highest BCUT2D eigenvalue weighted by Crippen LogP contribution is 2.37. The first-order valence-corrected chi connectivity index (χ1v) is 8.42. The smallest absolute Gasteiger partial charge is 0.411 e. The lowest BCUT2D eigenvalue weighted by atomic mass is 9.89. The molecule has 0 spiro atoms. The van der Waals surface area contributed by atoms with E-state index in [1.54, 1.807) is 27.9 Å². The summed E-state index contributed by atoms with van der Waals surface area (Å²) in [5.41, 5.74) is 2.16. The molecule has 0 saturated carbocycles. The first kappa shape index (κ1) is 19.1. The minimum atomic E-state index is -1.01. The molecule has 1 amide bonds. The van der Waals surface area contributed by atoms with Crippen LogP contribution >= 0.6 is 0 Å². The van der Waals surface area contributed by atoms with Crippen molar-refractivity contribution in [2.75, 3.05) is 13.7 Å². The number of rotatable bonds is 3. The highest BCUT2D eigenvalue weighted by atomic mass is 16.6. The van der Waals surface area contributed by atoms with Gasteiger partial charge in [0.05, 0.1) is 7.11 Å². The van der Waals surface area contributed by atoms with Crippen LogP contribution in [-0.4, -0.2) is 47.4 Å². The Bertz CT molecular complexity index is 654. The fourth-order valence-electron chi connectivity index (χ4n) is 3.49. The normalized spacial score (nSPS) is 20.5. The van der Waals surface area contributed by atoms with Crippen molar-refractivity contribution in [3.05, 3.63) is 28.8 Å². The number of amides is 1. The molecule has 2 atom stereocenters. The van der Waals surface area contributed by atoms with Crippen LogP contribution in [0.2, 0.25) is 0 Å². The Morgan fingerprint density at radius 1 is 1.20 bits per heavy atom. The van der Waals surface area contributed by atoms with E-state index in [0.717, 1.165) is 22.4 Å². The average Bonchev–Trinajstić information content (AvgIpc) is 2.90. The second-order valence-corrected chi connectivity index (χ2v) is 7.54. The van der Waals surface area contributed by atoms with Crippen molar-refractivity contribution < 1.29 is 24.2 Å². The fraction of sp³-hybridized carbons (Fsp3) is 0.579. The average molecular weight is 349 g/mol.